The number of imide groups is 2. The molecule has 17 heteroatoms. The summed E-state index contributed by atoms with van der Waals surface area (Å²) in [6.45, 7) is 24.7. The summed E-state index contributed by atoms with van der Waals surface area (Å²) < 4.78 is 18.6. The maximum atomic E-state index is 13.7. The van der Waals surface area contributed by atoms with E-state index in [4.69, 9.17) is 19.3 Å². The highest BCUT2D eigenvalue weighted by molar-refractivity contribution is 6.99. The summed E-state index contributed by atoms with van der Waals surface area (Å²) in [4.78, 5) is 64.1. The van der Waals surface area contributed by atoms with E-state index in [0.717, 1.165) is 52.8 Å². The lowest BCUT2D eigenvalue weighted by atomic mass is 9.98. The summed E-state index contributed by atoms with van der Waals surface area (Å²) >= 11 is 0. The zero-order valence-corrected chi connectivity index (χ0v) is 50.8. The van der Waals surface area contributed by atoms with Gasteiger partial charge in [-0.25, -0.2) is 9.97 Å². The quantitative estimate of drug-likeness (QED) is 0.0368. The Morgan fingerprint density at radius 3 is 1.54 bits per heavy atom. The molecule has 0 aliphatic carbocycles. The van der Waals surface area contributed by atoms with E-state index in [1.165, 1.54) is 23.2 Å². The van der Waals surface area contributed by atoms with E-state index >= 15 is 0 Å². The lowest BCUT2D eigenvalue weighted by Crippen LogP contribution is -2.66. The number of benzene rings is 2. The molecule has 428 valence electrons. The summed E-state index contributed by atoms with van der Waals surface area (Å²) in [7, 11) is -4.72. The van der Waals surface area contributed by atoms with Crippen molar-refractivity contribution in [1.29, 1.82) is 0 Å². The van der Waals surface area contributed by atoms with Gasteiger partial charge in [0.1, 0.15) is 11.3 Å². The Hall–Kier alpha value is -7.55. The first-order valence-electron chi connectivity index (χ1n) is 28.8. The van der Waals surface area contributed by atoms with Crippen LogP contribution in [0.2, 0.25) is 21.7 Å². The number of pyridine rings is 2. The van der Waals surface area contributed by atoms with Crippen molar-refractivity contribution in [3.63, 3.8) is 0 Å². The molecule has 0 radical (unpaired) electrons. The molecule has 6 aromatic heterocycles. The molecule has 0 saturated carbocycles. The normalized spacial score (nSPS) is 15.1. The molecule has 1 saturated heterocycles. The predicted molar refractivity (Wildman–Crippen MR) is 331 cm³/mol. The van der Waals surface area contributed by atoms with Crippen LogP contribution in [0.4, 0.5) is 0 Å². The molecule has 9 heterocycles. The van der Waals surface area contributed by atoms with E-state index in [2.05, 4.69) is 165 Å². The van der Waals surface area contributed by atoms with Crippen LogP contribution >= 0.6 is 0 Å². The molecule has 15 nitrogen and oxygen atoms in total. The lowest BCUT2D eigenvalue weighted by Gasteiger charge is -2.44. The van der Waals surface area contributed by atoms with Gasteiger partial charge in [0.15, 0.2) is 8.24 Å². The molecular formula is C65H78N8O7Si2. The second-order valence-electron chi connectivity index (χ2n) is 23.3. The van der Waals surface area contributed by atoms with Gasteiger partial charge < -0.3 is 32.6 Å². The Morgan fingerprint density at radius 1 is 0.610 bits per heavy atom. The largest absolute Gasteiger partial charge is 0.407 e. The van der Waals surface area contributed by atoms with Gasteiger partial charge in [0.2, 0.25) is 0 Å². The van der Waals surface area contributed by atoms with Crippen LogP contribution in [0, 0.1) is 0 Å². The Bertz CT molecular complexity index is 3550. The SMILES string of the molecule is C1CCOC1.CC(C)[Si](C(C)C)(C(C)C)n1ccc(C2=C(c3cn(CCCO[Si](c4ccccc4)(c4ccccc4)C(C)(C)C)c4ncccc34)C(=O)NC2=O)c1.O=C1NC(=O)C(c2cn(CCCO)c3ncccc23)=C1c1cc[nH]c1. The summed E-state index contributed by atoms with van der Waals surface area (Å²) in [5, 5.41) is 18.2. The highest BCUT2D eigenvalue weighted by Gasteiger charge is 2.50. The number of aliphatic hydroxyl groups excluding tert-OH is 1. The lowest BCUT2D eigenvalue weighted by molar-refractivity contribution is -0.124. The van der Waals surface area contributed by atoms with Gasteiger partial charge in [-0.1, -0.05) is 123 Å². The van der Waals surface area contributed by atoms with E-state index in [0.29, 0.717) is 76.2 Å². The number of rotatable bonds is 18. The molecule has 2 aromatic carbocycles. The second-order valence-corrected chi connectivity index (χ2v) is 33.4. The van der Waals surface area contributed by atoms with Crippen molar-refractivity contribution in [3.05, 3.63) is 169 Å². The van der Waals surface area contributed by atoms with Gasteiger partial charge in [-0.15, -0.1) is 0 Å². The third kappa shape index (κ3) is 11.4. The van der Waals surface area contributed by atoms with Gasteiger partial charge >= 0.3 is 0 Å². The average Bonchev–Trinajstić information content (AvgIpc) is 4.55. The molecule has 0 spiro atoms. The number of aliphatic hydroxyl groups is 1. The minimum absolute atomic E-state index is 0.0676. The molecule has 3 aliphatic heterocycles. The topological polar surface area (TPSA) is 187 Å². The van der Waals surface area contributed by atoms with Crippen LogP contribution in [-0.2, 0) is 41.4 Å². The van der Waals surface area contributed by atoms with Crippen LogP contribution in [0.5, 0.6) is 0 Å². The van der Waals surface area contributed by atoms with Crippen LogP contribution in [0.3, 0.4) is 0 Å². The molecule has 0 atom stereocenters. The van der Waals surface area contributed by atoms with Crippen LogP contribution < -0.4 is 21.0 Å². The Kier molecular flexibility index (Phi) is 18.2. The number of nitrogens with zero attached hydrogens (tertiary/aromatic N) is 5. The molecule has 0 unspecified atom stereocenters. The number of hydrogen-bond acceptors (Lipinski definition) is 9. The highest BCUT2D eigenvalue weighted by atomic mass is 28.4. The van der Waals surface area contributed by atoms with Crippen molar-refractivity contribution < 1.29 is 33.4 Å². The number of carbonyl (C=O) groups is 4. The molecule has 1 fully saturated rings. The molecule has 4 amide bonds. The zero-order chi connectivity index (χ0) is 58.3. The van der Waals surface area contributed by atoms with Crippen LogP contribution in [-0.4, -0.2) is 100 Å². The zero-order valence-electron chi connectivity index (χ0n) is 48.8. The summed E-state index contributed by atoms with van der Waals surface area (Å²) in [5.41, 5.74) is 7.36. The summed E-state index contributed by atoms with van der Waals surface area (Å²) in [5.74, 6) is -1.54. The Labute approximate surface area is 483 Å². The Balaban J connectivity index is 0.000000221. The summed E-state index contributed by atoms with van der Waals surface area (Å²) in [6.07, 6.45) is 18.8. The minimum atomic E-state index is -2.68. The van der Waals surface area contributed by atoms with Gasteiger partial charge in [-0.05, 0) is 100 Å². The second kappa shape index (κ2) is 25.3. The minimum Gasteiger partial charge on any atom is -0.407 e. The van der Waals surface area contributed by atoms with E-state index in [9.17, 15) is 19.2 Å². The molecule has 82 heavy (non-hydrogen) atoms. The highest BCUT2D eigenvalue weighted by Crippen LogP contribution is 2.44. The maximum absolute atomic E-state index is 13.7. The van der Waals surface area contributed by atoms with Crippen molar-refractivity contribution in [2.75, 3.05) is 26.4 Å². The summed E-state index contributed by atoms with van der Waals surface area (Å²) in [6, 6.07) is 32.7. The average molecular weight is 1140 g/mol. The monoisotopic (exact) mass is 1140 g/mol. The van der Waals surface area contributed by atoms with E-state index in [1.54, 1.807) is 36.9 Å². The fraction of sp³-hybridized carbons (Fsp3) is 0.354. The molecule has 3 aliphatic rings. The molecule has 0 bridgehead atoms. The number of ether oxygens (including phenoxy) is 1. The number of aryl methyl sites for hydroxylation is 2. The van der Waals surface area contributed by atoms with Crippen molar-refractivity contribution in [3.8, 4) is 0 Å². The van der Waals surface area contributed by atoms with E-state index in [1.807, 2.05) is 41.2 Å². The van der Waals surface area contributed by atoms with E-state index in [-0.39, 0.29) is 23.5 Å². The molecule has 11 rings (SSSR count). The van der Waals surface area contributed by atoms with Crippen molar-refractivity contribution in [1.82, 2.24) is 39.0 Å². The van der Waals surface area contributed by atoms with Gasteiger partial charge in [-0.3, -0.25) is 29.8 Å². The number of carbonyl (C=O) groups excluding carboxylic acids is 4. The number of hydrogen-bond donors (Lipinski definition) is 4. The number of amides is 4. The standard InChI is InChI=1S/C43H54N4O3Si2.C18H16N4O3.C4H8O/c1-30(2)51(31(3)4,32(5)6)47-26-23-33(28-47)38-39(42(49)45-41(38)48)37-29-46(40-36(37)22-16-24-44-40)25-17-27-50-52(43(7,8)9,34-18-12-10-13-19-34)35-20-14-11-15-21-35;23-8-2-7-22-10-13(12-3-1-5-20-16(12)22)15-14(11-4-6-19-9-11)17(24)21-18(15)25;1-2-4-5-3-1/h10-16,18-24,26,28-32H,17,25,27H2,1-9H3,(H,45,48,49);1,3-6,9-10,19,23H,2,7-8H2,(H,21,24,25);1-4H2. The number of aromatic amines is 1. The van der Waals surface area contributed by atoms with Crippen LogP contribution in [0.15, 0.2) is 147 Å². The van der Waals surface area contributed by atoms with Gasteiger partial charge in [0, 0.05) is 116 Å². The fourth-order valence-electron chi connectivity index (χ4n) is 13.1. The van der Waals surface area contributed by atoms with Crippen molar-refractivity contribution in [2.24, 2.45) is 0 Å². The van der Waals surface area contributed by atoms with Crippen molar-refractivity contribution >= 4 is 94.9 Å². The first-order valence-corrected chi connectivity index (χ1v) is 32.9. The molecule has 8 aromatic rings. The van der Waals surface area contributed by atoms with Gasteiger partial charge in [0.25, 0.3) is 31.9 Å². The smallest absolute Gasteiger partial charge is 0.261 e. The van der Waals surface area contributed by atoms with Crippen LogP contribution in [0.25, 0.3) is 44.4 Å². The van der Waals surface area contributed by atoms with Gasteiger partial charge in [0.05, 0.1) is 22.3 Å². The molecule has 4 N–H and O–H groups in total. The predicted octanol–water partition coefficient (Wildman–Crippen LogP) is 10.5. The first-order chi connectivity index (χ1) is 39.4. The number of nitrogens with one attached hydrogen (secondary N) is 3. The Morgan fingerprint density at radius 2 is 1.10 bits per heavy atom. The third-order valence-electron chi connectivity index (χ3n) is 16.4. The first kappa shape index (κ1) is 59.1. The molecular weight excluding hydrogens is 1060 g/mol. The van der Waals surface area contributed by atoms with Crippen molar-refractivity contribution in [2.45, 2.75) is 123 Å². The fourth-order valence-corrected chi connectivity index (χ4v) is 24.2. The number of fused-ring (bicyclic) bond motifs is 2. The van der Waals surface area contributed by atoms with E-state index < -0.39 is 28.4 Å². The third-order valence-corrected chi connectivity index (χ3v) is 28.2. The van der Waals surface area contributed by atoms with Gasteiger partial charge in [-0.2, -0.15) is 0 Å². The number of H-pyrrole nitrogens is 1. The maximum Gasteiger partial charge on any atom is 0.261 e. The number of aromatic nitrogens is 6. The van der Waals surface area contributed by atoms with Crippen LogP contribution in [0.1, 0.15) is 110 Å².